The smallest absolute Gasteiger partial charge is 0.344 e. The number of amides is 1. The number of rotatable bonds is 3. The van der Waals surface area contributed by atoms with E-state index in [4.69, 9.17) is 4.42 Å². The first kappa shape index (κ1) is 17.7. The fraction of sp³-hybridized carbons (Fsp3) is 0.0833. The van der Waals surface area contributed by atoms with Crippen LogP contribution in [0.1, 0.15) is 21.5 Å². The molecule has 0 saturated carbocycles. The predicted molar refractivity (Wildman–Crippen MR) is 112 cm³/mol. The van der Waals surface area contributed by atoms with Gasteiger partial charge in [0, 0.05) is 16.6 Å². The Hall–Kier alpha value is -3.66. The Balaban J connectivity index is 1.62. The van der Waals surface area contributed by atoms with Crippen LogP contribution in [0.25, 0.3) is 22.1 Å². The fourth-order valence-corrected chi connectivity index (χ4v) is 3.15. The lowest BCUT2D eigenvalue weighted by Crippen LogP contribution is -2.13. The van der Waals surface area contributed by atoms with Gasteiger partial charge in [-0.3, -0.25) is 4.79 Å². The standard InChI is InChI=1S/C24H19NO3/c1-15-6-5-8-21(16(15)2)25-23(26)18-12-10-17(11-13-18)20-14-19-7-3-4-9-22(19)28-24(20)27/h3-14H,1-2H3,(H,25,26). The maximum absolute atomic E-state index is 12.6. The minimum Gasteiger partial charge on any atom is -0.422 e. The Morgan fingerprint density at radius 2 is 1.64 bits per heavy atom. The molecule has 138 valence electrons. The summed E-state index contributed by atoms with van der Waals surface area (Å²) >= 11 is 0. The van der Waals surface area contributed by atoms with E-state index < -0.39 is 5.63 Å². The third-order valence-corrected chi connectivity index (χ3v) is 4.95. The van der Waals surface area contributed by atoms with Crippen LogP contribution in [0.15, 0.2) is 82.0 Å². The van der Waals surface area contributed by atoms with Crippen molar-refractivity contribution in [2.45, 2.75) is 13.8 Å². The number of nitrogens with one attached hydrogen (secondary N) is 1. The minimum absolute atomic E-state index is 0.189. The zero-order chi connectivity index (χ0) is 19.7. The van der Waals surface area contributed by atoms with E-state index >= 15 is 0 Å². The van der Waals surface area contributed by atoms with Gasteiger partial charge in [-0.25, -0.2) is 4.79 Å². The SMILES string of the molecule is Cc1cccc(NC(=O)c2ccc(-c3cc4ccccc4oc3=O)cc2)c1C. The molecule has 28 heavy (non-hydrogen) atoms. The molecule has 4 aromatic rings. The van der Waals surface area contributed by atoms with Crippen molar-refractivity contribution in [3.05, 3.63) is 99.9 Å². The number of carbonyl (C=O) groups excluding carboxylic acids is 1. The van der Waals surface area contributed by atoms with E-state index in [0.717, 1.165) is 22.2 Å². The summed E-state index contributed by atoms with van der Waals surface area (Å²) in [6, 6.07) is 22.0. The summed E-state index contributed by atoms with van der Waals surface area (Å²) in [5, 5.41) is 3.80. The van der Waals surface area contributed by atoms with Crippen molar-refractivity contribution in [1.82, 2.24) is 0 Å². The van der Waals surface area contributed by atoms with E-state index in [9.17, 15) is 9.59 Å². The van der Waals surface area contributed by atoms with Crippen LogP contribution in [0.5, 0.6) is 0 Å². The summed E-state index contributed by atoms with van der Waals surface area (Å²) in [7, 11) is 0. The summed E-state index contributed by atoms with van der Waals surface area (Å²) in [5.74, 6) is -0.189. The second-order valence-corrected chi connectivity index (χ2v) is 6.76. The molecule has 0 atom stereocenters. The topological polar surface area (TPSA) is 59.3 Å². The van der Waals surface area contributed by atoms with E-state index in [1.807, 2.05) is 56.3 Å². The summed E-state index contributed by atoms with van der Waals surface area (Å²) in [4.78, 5) is 24.9. The highest BCUT2D eigenvalue weighted by atomic mass is 16.4. The number of benzene rings is 3. The molecule has 0 unspecified atom stereocenters. The monoisotopic (exact) mass is 369 g/mol. The number of fused-ring (bicyclic) bond motifs is 1. The van der Waals surface area contributed by atoms with Gasteiger partial charge in [0.2, 0.25) is 0 Å². The number of para-hydroxylation sites is 1. The van der Waals surface area contributed by atoms with Crippen LogP contribution in [0, 0.1) is 13.8 Å². The second-order valence-electron chi connectivity index (χ2n) is 6.76. The molecule has 0 bridgehead atoms. The van der Waals surface area contributed by atoms with Crippen molar-refractivity contribution in [2.75, 3.05) is 5.32 Å². The Morgan fingerprint density at radius 1 is 0.893 bits per heavy atom. The largest absolute Gasteiger partial charge is 0.422 e. The molecule has 1 heterocycles. The van der Waals surface area contributed by atoms with Gasteiger partial charge in [-0.15, -0.1) is 0 Å². The minimum atomic E-state index is -0.397. The highest BCUT2D eigenvalue weighted by Crippen LogP contribution is 2.23. The van der Waals surface area contributed by atoms with Crippen LogP contribution in [0.3, 0.4) is 0 Å². The molecular formula is C24H19NO3. The Bertz CT molecular complexity index is 1240. The van der Waals surface area contributed by atoms with Crippen molar-refractivity contribution in [3.63, 3.8) is 0 Å². The van der Waals surface area contributed by atoms with Crippen molar-refractivity contribution in [2.24, 2.45) is 0 Å². The van der Waals surface area contributed by atoms with Gasteiger partial charge in [0.25, 0.3) is 5.91 Å². The summed E-state index contributed by atoms with van der Waals surface area (Å²) in [5.41, 5.74) is 4.83. The van der Waals surface area contributed by atoms with E-state index in [1.165, 1.54) is 0 Å². The molecule has 3 aromatic carbocycles. The van der Waals surface area contributed by atoms with Crippen molar-refractivity contribution in [3.8, 4) is 11.1 Å². The first-order valence-corrected chi connectivity index (χ1v) is 9.04. The quantitative estimate of drug-likeness (QED) is 0.497. The lowest BCUT2D eigenvalue weighted by Gasteiger charge is -2.10. The lowest BCUT2D eigenvalue weighted by molar-refractivity contribution is 0.102. The van der Waals surface area contributed by atoms with Crippen LogP contribution in [0.2, 0.25) is 0 Å². The zero-order valence-corrected chi connectivity index (χ0v) is 15.7. The summed E-state index contributed by atoms with van der Waals surface area (Å²) in [6.07, 6.45) is 0. The molecule has 1 N–H and O–H groups in total. The highest BCUT2D eigenvalue weighted by molar-refractivity contribution is 6.05. The average molecular weight is 369 g/mol. The third kappa shape index (κ3) is 3.32. The Labute approximate surface area is 162 Å². The van der Waals surface area contributed by atoms with Crippen LogP contribution >= 0.6 is 0 Å². The van der Waals surface area contributed by atoms with Crippen molar-refractivity contribution < 1.29 is 9.21 Å². The second kappa shape index (κ2) is 7.16. The van der Waals surface area contributed by atoms with E-state index in [2.05, 4.69) is 5.32 Å². The normalized spacial score (nSPS) is 10.8. The van der Waals surface area contributed by atoms with Gasteiger partial charge in [-0.1, -0.05) is 42.5 Å². The van der Waals surface area contributed by atoms with Gasteiger partial charge in [-0.05, 0) is 60.9 Å². The molecule has 1 amide bonds. The molecule has 4 nitrogen and oxygen atoms in total. The molecule has 4 heteroatoms. The Morgan fingerprint density at radius 3 is 2.43 bits per heavy atom. The molecule has 0 aliphatic rings. The average Bonchev–Trinajstić information content (AvgIpc) is 2.71. The van der Waals surface area contributed by atoms with Gasteiger partial charge in [0.15, 0.2) is 0 Å². The van der Waals surface area contributed by atoms with Gasteiger partial charge < -0.3 is 9.73 Å². The van der Waals surface area contributed by atoms with E-state index in [0.29, 0.717) is 22.3 Å². The molecule has 0 spiro atoms. The molecule has 0 aliphatic heterocycles. The van der Waals surface area contributed by atoms with Gasteiger partial charge >= 0.3 is 5.63 Å². The molecule has 0 saturated heterocycles. The van der Waals surface area contributed by atoms with Gasteiger partial charge in [-0.2, -0.15) is 0 Å². The number of aryl methyl sites for hydroxylation is 1. The number of anilines is 1. The number of hydrogen-bond acceptors (Lipinski definition) is 3. The highest BCUT2D eigenvalue weighted by Gasteiger charge is 2.11. The predicted octanol–water partition coefficient (Wildman–Crippen LogP) is 5.33. The summed E-state index contributed by atoms with van der Waals surface area (Å²) in [6.45, 7) is 3.99. The van der Waals surface area contributed by atoms with Crippen LogP contribution in [-0.2, 0) is 0 Å². The van der Waals surface area contributed by atoms with Gasteiger partial charge in [0.1, 0.15) is 5.58 Å². The maximum atomic E-state index is 12.6. The zero-order valence-electron chi connectivity index (χ0n) is 15.7. The molecule has 0 aliphatic carbocycles. The maximum Gasteiger partial charge on any atom is 0.344 e. The first-order chi connectivity index (χ1) is 13.5. The molecule has 4 rings (SSSR count). The van der Waals surface area contributed by atoms with Crippen molar-refractivity contribution in [1.29, 1.82) is 0 Å². The van der Waals surface area contributed by atoms with Crippen molar-refractivity contribution >= 4 is 22.6 Å². The fourth-order valence-electron chi connectivity index (χ4n) is 3.15. The molecule has 0 fully saturated rings. The van der Waals surface area contributed by atoms with Crippen LogP contribution in [-0.4, -0.2) is 5.91 Å². The number of carbonyl (C=O) groups is 1. The van der Waals surface area contributed by atoms with Gasteiger partial charge in [0.05, 0.1) is 5.56 Å². The third-order valence-electron chi connectivity index (χ3n) is 4.95. The molecular weight excluding hydrogens is 350 g/mol. The van der Waals surface area contributed by atoms with E-state index in [1.54, 1.807) is 30.3 Å². The van der Waals surface area contributed by atoms with E-state index in [-0.39, 0.29) is 5.91 Å². The lowest BCUT2D eigenvalue weighted by atomic mass is 10.0. The number of hydrogen-bond donors (Lipinski definition) is 1. The van der Waals surface area contributed by atoms with Crippen LogP contribution < -0.4 is 10.9 Å². The summed E-state index contributed by atoms with van der Waals surface area (Å²) < 4.78 is 5.39. The Kier molecular flexibility index (Phi) is 4.53. The van der Waals surface area contributed by atoms with Crippen LogP contribution in [0.4, 0.5) is 5.69 Å². The first-order valence-electron chi connectivity index (χ1n) is 9.04. The molecule has 1 aromatic heterocycles. The molecule has 0 radical (unpaired) electrons.